The van der Waals surface area contributed by atoms with E-state index in [4.69, 9.17) is 27.9 Å². The maximum absolute atomic E-state index is 12.5. The summed E-state index contributed by atoms with van der Waals surface area (Å²) >= 11 is 13.7. The predicted molar refractivity (Wildman–Crippen MR) is 114 cm³/mol. The van der Waals surface area contributed by atoms with E-state index in [9.17, 15) is 4.79 Å². The van der Waals surface area contributed by atoms with Crippen molar-refractivity contribution in [2.45, 2.75) is 5.75 Å². The molecule has 1 aliphatic rings. The number of thioether (sulfide) groups is 1. The number of methoxy groups -OCH3 is 1. The molecule has 2 aromatic carbocycles. The number of anilines is 1. The Balaban J connectivity index is 1.44. The third-order valence-electron chi connectivity index (χ3n) is 4.57. The van der Waals surface area contributed by atoms with E-state index in [1.165, 1.54) is 0 Å². The van der Waals surface area contributed by atoms with Crippen molar-refractivity contribution in [1.82, 2.24) is 4.90 Å². The molecule has 1 amide bonds. The van der Waals surface area contributed by atoms with E-state index >= 15 is 0 Å². The van der Waals surface area contributed by atoms with Crippen LogP contribution in [0.4, 0.5) is 5.69 Å². The quantitative estimate of drug-likeness (QED) is 0.678. The van der Waals surface area contributed by atoms with E-state index in [0.29, 0.717) is 21.6 Å². The van der Waals surface area contributed by atoms with Gasteiger partial charge in [0, 0.05) is 47.7 Å². The summed E-state index contributed by atoms with van der Waals surface area (Å²) in [6, 6.07) is 13.5. The molecule has 27 heavy (non-hydrogen) atoms. The molecule has 0 aliphatic carbocycles. The molecule has 3 rings (SSSR count). The average molecular weight is 425 g/mol. The van der Waals surface area contributed by atoms with Crippen LogP contribution < -0.4 is 9.64 Å². The SMILES string of the molecule is COc1ccc(N2CCN(C(=O)CSCc3ccc(Cl)cc3Cl)CC2)cc1. The number of ether oxygens (including phenoxy) is 1. The zero-order valence-corrected chi connectivity index (χ0v) is 17.5. The van der Waals surface area contributed by atoms with Crippen molar-refractivity contribution in [3.8, 4) is 5.75 Å². The Labute approximate surface area is 174 Å². The van der Waals surface area contributed by atoms with E-state index in [1.807, 2.05) is 29.2 Å². The molecule has 1 heterocycles. The van der Waals surface area contributed by atoms with Crippen LogP contribution in [-0.2, 0) is 10.5 Å². The van der Waals surface area contributed by atoms with Gasteiger partial charge in [-0.15, -0.1) is 11.8 Å². The molecule has 1 saturated heterocycles. The lowest BCUT2D eigenvalue weighted by Crippen LogP contribution is -2.49. The molecule has 0 atom stereocenters. The third-order valence-corrected chi connectivity index (χ3v) is 6.12. The van der Waals surface area contributed by atoms with Gasteiger partial charge in [0.2, 0.25) is 5.91 Å². The molecule has 0 spiro atoms. The maximum Gasteiger partial charge on any atom is 0.232 e. The van der Waals surface area contributed by atoms with Crippen molar-refractivity contribution in [2.24, 2.45) is 0 Å². The number of nitrogens with zero attached hydrogens (tertiary/aromatic N) is 2. The molecule has 1 aliphatic heterocycles. The number of benzene rings is 2. The van der Waals surface area contributed by atoms with E-state index in [-0.39, 0.29) is 5.91 Å². The number of carbonyl (C=O) groups is 1. The molecule has 0 unspecified atom stereocenters. The second-order valence-corrected chi connectivity index (χ2v) is 8.12. The normalized spacial score (nSPS) is 14.3. The Bertz CT molecular complexity index is 778. The first-order valence-corrected chi connectivity index (χ1v) is 10.7. The molecule has 144 valence electrons. The molecular formula is C20H22Cl2N2O2S. The maximum atomic E-state index is 12.5. The van der Waals surface area contributed by atoms with Crippen molar-refractivity contribution in [3.63, 3.8) is 0 Å². The molecule has 0 radical (unpaired) electrons. The molecular weight excluding hydrogens is 403 g/mol. The Morgan fingerprint density at radius 1 is 1.07 bits per heavy atom. The summed E-state index contributed by atoms with van der Waals surface area (Å²) in [7, 11) is 1.66. The van der Waals surface area contributed by atoms with Gasteiger partial charge in [-0.05, 0) is 42.0 Å². The van der Waals surface area contributed by atoms with E-state index in [0.717, 1.165) is 43.2 Å². The lowest BCUT2D eigenvalue weighted by molar-refractivity contribution is -0.128. The van der Waals surface area contributed by atoms with Gasteiger partial charge in [-0.3, -0.25) is 4.79 Å². The second kappa shape index (κ2) is 9.58. The zero-order chi connectivity index (χ0) is 19.2. The zero-order valence-electron chi connectivity index (χ0n) is 15.2. The van der Waals surface area contributed by atoms with Crippen LogP contribution in [0, 0.1) is 0 Å². The Kier molecular flexibility index (Phi) is 7.16. The molecule has 7 heteroatoms. The Morgan fingerprint density at radius 2 is 1.78 bits per heavy atom. The highest BCUT2D eigenvalue weighted by molar-refractivity contribution is 7.99. The second-order valence-electron chi connectivity index (χ2n) is 6.29. The van der Waals surface area contributed by atoms with Gasteiger partial charge in [0.1, 0.15) is 5.75 Å². The van der Waals surface area contributed by atoms with Gasteiger partial charge in [0.25, 0.3) is 0 Å². The van der Waals surface area contributed by atoms with Crippen LogP contribution in [0.15, 0.2) is 42.5 Å². The molecule has 0 saturated carbocycles. The highest BCUT2D eigenvalue weighted by atomic mass is 35.5. The van der Waals surface area contributed by atoms with E-state index < -0.39 is 0 Å². The summed E-state index contributed by atoms with van der Waals surface area (Å²) in [5.41, 5.74) is 2.16. The summed E-state index contributed by atoms with van der Waals surface area (Å²) < 4.78 is 5.20. The van der Waals surface area contributed by atoms with Crippen molar-refractivity contribution in [2.75, 3.05) is 43.9 Å². The molecule has 0 aromatic heterocycles. The fourth-order valence-corrected chi connectivity index (χ4v) is 4.47. The van der Waals surface area contributed by atoms with Crippen LogP contribution in [0.1, 0.15) is 5.56 Å². The number of carbonyl (C=O) groups excluding carboxylic acids is 1. The number of amides is 1. The van der Waals surface area contributed by atoms with E-state index in [2.05, 4.69) is 17.0 Å². The topological polar surface area (TPSA) is 32.8 Å². The fourth-order valence-electron chi connectivity index (χ4n) is 2.99. The highest BCUT2D eigenvalue weighted by Crippen LogP contribution is 2.25. The van der Waals surface area contributed by atoms with Gasteiger partial charge in [0.05, 0.1) is 12.9 Å². The minimum absolute atomic E-state index is 0.180. The van der Waals surface area contributed by atoms with Crippen molar-refractivity contribution >= 4 is 46.6 Å². The fraction of sp³-hybridized carbons (Fsp3) is 0.350. The van der Waals surface area contributed by atoms with Crippen molar-refractivity contribution in [3.05, 3.63) is 58.1 Å². The van der Waals surface area contributed by atoms with Crippen LogP contribution in [0.25, 0.3) is 0 Å². The van der Waals surface area contributed by atoms with Crippen molar-refractivity contribution < 1.29 is 9.53 Å². The number of hydrogen-bond donors (Lipinski definition) is 0. The standard InChI is InChI=1S/C20H22Cl2N2O2S/c1-26-18-6-4-17(5-7-18)23-8-10-24(11-9-23)20(25)14-27-13-15-2-3-16(21)12-19(15)22/h2-7,12H,8-11,13-14H2,1H3. The van der Waals surface area contributed by atoms with Crippen LogP contribution in [-0.4, -0.2) is 49.8 Å². The first-order valence-electron chi connectivity index (χ1n) is 8.75. The molecule has 4 nitrogen and oxygen atoms in total. The van der Waals surface area contributed by atoms with E-state index in [1.54, 1.807) is 24.9 Å². The summed E-state index contributed by atoms with van der Waals surface area (Å²) in [5.74, 6) is 2.19. The lowest BCUT2D eigenvalue weighted by atomic mass is 10.2. The Hall–Kier alpha value is -1.56. The largest absolute Gasteiger partial charge is 0.497 e. The van der Waals surface area contributed by atoms with Gasteiger partial charge in [-0.25, -0.2) is 0 Å². The van der Waals surface area contributed by atoms with Gasteiger partial charge in [0.15, 0.2) is 0 Å². The van der Waals surface area contributed by atoms with Gasteiger partial charge in [-0.2, -0.15) is 0 Å². The smallest absolute Gasteiger partial charge is 0.232 e. The van der Waals surface area contributed by atoms with Crippen LogP contribution in [0.2, 0.25) is 10.0 Å². The van der Waals surface area contributed by atoms with Gasteiger partial charge < -0.3 is 14.5 Å². The lowest BCUT2D eigenvalue weighted by Gasteiger charge is -2.36. The number of hydrogen-bond acceptors (Lipinski definition) is 4. The molecule has 0 N–H and O–H groups in total. The number of halogens is 2. The number of rotatable bonds is 6. The monoisotopic (exact) mass is 424 g/mol. The van der Waals surface area contributed by atoms with Crippen LogP contribution >= 0.6 is 35.0 Å². The molecule has 2 aromatic rings. The third kappa shape index (κ3) is 5.47. The predicted octanol–water partition coefficient (Wildman–Crippen LogP) is 4.58. The minimum Gasteiger partial charge on any atom is -0.497 e. The highest BCUT2D eigenvalue weighted by Gasteiger charge is 2.21. The van der Waals surface area contributed by atoms with Gasteiger partial charge >= 0.3 is 0 Å². The first kappa shape index (κ1) is 20.2. The summed E-state index contributed by atoms with van der Waals surface area (Å²) in [4.78, 5) is 16.7. The first-order chi connectivity index (χ1) is 13.1. The molecule has 0 bridgehead atoms. The summed E-state index contributed by atoms with van der Waals surface area (Å²) in [6.07, 6.45) is 0. The van der Waals surface area contributed by atoms with Crippen molar-refractivity contribution in [1.29, 1.82) is 0 Å². The molecule has 1 fully saturated rings. The summed E-state index contributed by atoms with van der Waals surface area (Å²) in [6.45, 7) is 3.16. The minimum atomic E-state index is 0.180. The van der Waals surface area contributed by atoms with Crippen LogP contribution in [0.5, 0.6) is 5.75 Å². The number of piperazine rings is 1. The summed E-state index contributed by atoms with van der Waals surface area (Å²) in [5, 5.41) is 1.27. The average Bonchev–Trinajstić information content (AvgIpc) is 2.70. The Morgan fingerprint density at radius 3 is 2.41 bits per heavy atom. The van der Waals surface area contributed by atoms with Crippen LogP contribution in [0.3, 0.4) is 0 Å². The van der Waals surface area contributed by atoms with Gasteiger partial charge in [-0.1, -0.05) is 29.3 Å².